The van der Waals surface area contributed by atoms with E-state index in [1.807, 2.05) is 70.1 Å². The van der Waals surface area contributed by atoms with Gasteiger partial charge in [-0.05, 0) is 37.8 Å². The van der Waals surface area contributed by atoms with Crippen LogP contribution < -0.4 is 16.4 Å². The maximum Gasteiger partial charge on any atom is 0.250 e. The number of anilines is 1. The Morgan fingerprint density at radius 1 is 1.08 bits per heavy atom. The third-order valence-corrected chi connectivity index (χ3v) is 6.66. The van der Waals surface area contributed by atoms with Crippen molar-refractivity contribution in [1.82, 2.24) is 19.8 Å². The number of nitrogens with one attached hydrogen (secondary N) is 2. The number of nitrogens with two attached hydrogens (primary N) is 1. The summed E-state index contributed by atoms with van der Waals surface area (Å²) in [4.78, 5) is 32.6. The summed E-state index contributed by atoms with van der Waals surface area (Å²) in [6.07, 6.45) is 5.46. The van der Waals surface area contributed by atoms with Crippen LogP contribution in [-0.4, -0.2) is 57.5 Å². The van der Waals surface area contributed by atoms with Gasteiger partial charge in [0, 0.05) is 25.0 Å². The zero-order chi connectivity index (χ0) is 27.8. The summed E-state index contributed by atoms with van der Waals surface area (Å²) in [6, 6.07) is 18.4. The average Bonchev–Trinajstić information content (AvgIpc) is 3.62. The minimum atomic E-state index is -1.07. The van der Waals surface area contributed by atoms with Crippen molar-refractivity contribution >= 4 is 17.6 Å². The lowest BCUT2D eigenvalue weighted by Gasteiger charge is -2.26. The Morgan fingerprint density at radius 2 is 1.72 bits per heavy atom. The second-order valence-electron chi connectivity index (χ2n) is 10.5. The van der Waals surface area contributed by atoms with Gasteiger partial charge in [-0.2, -0.15) is 0 Å². The number of benzene rings is 2. The van der Waals surface area contributed by atoms with Crippen LogP contribution >= 0.6 is 0 Å². The summed E-state index contributed by atoms with van der Waals surface area (Å²) < 4.78 is 7.73. The molecule has 4 rings (SSSR count). The number of hydrogen-bond acceptors (Lipinski definition) is 6. The van der Waals surface area contributed by atoms with Crippen molar-refractivity contribution in [3.63, 3.8) is 0 Å². The summed E-state index contributed by atoms with van der Waals surface area (Å²) in [7, 11) is 0. The Bertz CT molecular complexity index is 1250. The monoisotopic (exact) mass is 530 g/mol. The molecule has 0 spiro atoms. The highest BCUT2D eigenvalue weighted by Crippen LogP contribution is 2.25. The molecule has 2 atom stereocenters. The number of carbonyl (C=O) groups is 2. The number of nitrogens with zero attached hydrogens (tertiary/aromatic N) is 3. The Labute approximate surface area is 230 Å². The maximum absolute atomic E-state index is 13.5. The first kappa shape index (κ1) is 28.1. The molecule has 0 saturated carbocycles. The lowest BCUT2D eigenvalue weighted by Crippen LogP contribution is -2.54. The van der Waals surface area contributed by atoms with E-state index in [-0.39, 0.29) is 18.4 Å². The molecule has 1 fully saturated rings. The second-order valence-corrected chi connectivity index (χ2v) is 10.5. The van der Waals surface area contributed by atoms with E-state index in [0.717, 1.165) is 37.1 Å². The van der Waals surface area contributed by atoms with Crippen molar-refractivity contribution in [3.05, 3.63) is 96.6 Å². The van der Waals surface area contributed by atoms with Gasteiger partial charge >= 0.3 is 0 Å². The van der Waals surface area contributed by atoms with Gasteiger partial charge in [0.2, 0.25) is 11.8 Å². The fourth-order valence-electron chi connectivity index (χ4n) is 4.42. The molecule has 3 aromatic rings. The minimum absolute atomic E-state index is 0.0473. The van der Waals surface area contributed by atoms with Crippen LogP contribution in [0.1, 0.15) is 43.9 Å². The number of carbonyl (C=O) groups excluding carboxylic acids is 2. The molecule has 0 radical (unpaired) electrons. The molecule has 0 bridgehead atoms. The first-order valence-corrected chi connectivity index (χ1v) is 13.3. The molecule has 2 amide bonds. The third-order valence-electron chi connectivity index (χ3n) is 6.66. The number of rotatable bonds is 12. The Balaban J connectivity index is 1.48. The van der Waals surface area contributed by atoms with Crippen LogP contribution in [0.5, 0.6) is 0 Å². The van der Waals surface area contributed by atoms with Crippen LogP contribution in [0.2, 0.25) is 0 Å². The Morgan fingerprint density at radius 3 is 2.36 bits per heavy atom. The molecule has 2 unspecified atom stereocenters. The summed E-state index contributed by atoms with van der Waals surface area (Å²) >= 11 is 0. The second kappa shape index (κ2) is 12.7. The highest BCUT2D eigenvalue weighted by molar-refractivity contribution is 5.86. The zero-order valence-electron chi connectivity index (χ0n) is 22.7. The van der Waals surface area contributed by atoms with Crippen molar-refractivity contribution in [1.29, 1.82) is 0 Å². The highest BCUT2D eigenvalue weighted by Gasteiger charge is 2.30. The molecular formula is C30H38N6O3. The summed E-state index contributed by atoms with van der Waals surface area (Å²) in [6.45, 7) is 9.53. The standard InChI is InChI=1S/C30H38N6O3/c1-22(25(34-29(38)30(2,3)31)20-39-19-23-12-6-4-7-13-23)33-26-18-36(21-32-26)27(24-14-8-5-9-15-24)28(37)35-16-10-11-17-35/h4-9,12-15,18,21,25,27,33H,1,10-11,16-17,19-20,31H2,2-3H3,(H,34,38). The highest BCUT2D eigenvalue weighted by atomic mass is 16.5. The molecule has 4 N–H and O–H groups in total. The fourth-order valence-corrected chi connectivity index (χ4v) is 4.42. The minimum Gasteiger partial charge on any atom is -0.374 e. The van der Waals surface area contributed by atoms with Crippen LogP contribution in [0.25, 0.3) is 0 Å². The lowest BCUT2D eigenvalue weighted by molar-refractivity contribution is -0.132. The number of amides is 2. The molecule has 1 saturated heterocycles. The molecule has 9 nitrogen and oxygen atoms in total. The van der Waals surface area contributed by atoms with E-state index >= 15 is 0 Å². The smallest absolute Gasteiger partial charge is 0.250 e. The molecule has 39 heavy (non-hydrogen) atoms. The summed E-state index contributed by atoms with van der Waals surface area (Å²) in [5.41, 5.74) is 7.35. The average molecular weight is 531 g/mol. The molecule has 1 aliphatic rings. The molecule has 2 aromatic carbocycles. The van der Waals surface area contributed by atoms with Crippen LogP contribution in [0.3, 0.4) is 0 Å². The largest absolute Gasteiger partial charge is 0.374 e. The van der Waals surface area contributed by atoms with Gasteiger partial charge in [-0.3, -0.25) is 9.59 Å². The Hall–Kier alpha value is -3.95. The van der Waals surface area contributed by atoms with Crippen LogP contribution in [0, 0.1) is 0 Å². The first-order valence-electron chi connectivity index (χ1n) is 13.3. The lowest BCUT2D eigenvalue weighted by atomic mass is 10.1. The predicted octanol–water partition coefficient (Wildman–Crippen LogP) is 3.46. The van der Waals surface area contributed by atoms with Gasteiger partial charge in [-0.15, -0.1) is 0 Å². The van der Waals surface area contributed by atoms with Gasteiger partial charge in [0.1, 0.15) is 11.9 Å². The van der Waals surface area contributed by atoms with Gasteiger partial charge in [-0.25, -0.2) is 4.98 Å². The van der Waals surface area contributed by atoms with E-state index in [4.69, 9.17) is 10.5 Å². The Kier molecular flexibility index (Phi) is 9.16. The van der Waals surface area contributed by atoms with Crippen LogP contribution in [0.4, 0.5) is 5.82 Å². The summed E-state index contributed by atoms with van der Waals surface area (Å²) in [5.74, 6) is 0.222. The molecule has 206 valence electrons. The van der Waals surface area contributed by atoms with E-state index in [1.54, 1.807) is 26.4 Å². The SMILES string of the molecule is C=C(Nc1cn(C(C(=O)N2CCCC2)c2ccccc2)cn1)C(COCc1ccccc1)NC(=O)C(C)(C)N. The van der Waals surface area contributed by atoms with Crippen molar-refractivity contribution in [2.24, 2.45) is 5.73 Å². The zero-order valence-corrected chi connectivity index (χ0v) is 22.7. The van der Waals surface area contributed by atoms with Gasteiger partial charge in [0.15, 0.2) is 0 Å². The maximum atomic E-state index is 13.5. The van der Waals surface area contributed by atoms with E-state index in [9.17, 15) is 9.59 Å². The fraction of sp³-hybridized carbons (Fsp3) is 0.367. The molecule has 2 heterocycles. The van der Waals surface area contributed by atoms with Crippen molar-refractivity contribution < 1.29 is 14.3 Å². The number of hydrogen-bond donors (Lipinski definition) is 3. The molecule has 0 aliphatic carbocycles. The topological polar surface area (TPSA) is 115 Å². The summed E-state index contributed by atoms with van der Waals surface area (Å²) in [5, 5.41) is 6.12. The predicted molar refractivity (Wildman–Crippen MR) is 152 cm³/mol. The van der Waals surface area contributed by atoms with Crippen LogP contribution in [0.15, 0.2) is 85.5 Å². The third kappa shape index (κ3) is 7.55. The number of ether oxygens (including phenoxy) is 1. The van der Waals surface area contributed by atoms with Crippen LogP contribution in [-0.2, 0) is 20.9 Å². The first-order chi connectivity index (χ1) is 18.7. The quantitative estimate of drug-likeness (QED) is 0.330. The van der Waals surface area contributed by atoms with E-state index < -0.39 is 17.6 Å². The number of imidazole rings is 1. The van der Waals surface area contributed by atoms with Gasteiger partial charge < -0.3 is 30.6 Å². The van der Waals surface area contributed by atoms with Gasteiger partial charge in [-0.1, -0.05) is 67.2 Å². The van der Waals surface area contributed by atoms with Crippen molar-refractivity contribution in [2.45, 2.75) is 50.9 Å². The van der Waals surface area contributed by atoms with E-state index in [2.05, 4.69) is 22.2 Å². The van der Waals surface area contributed by atoms with Gasteiger partial charge in [0.05, 0.1) is 31.1 Å². The molecule has 1 aromatic heterocycles. The van der Waals surface area contributed by atoms with Crippen molar-refractivity contribution in [2.75, 3.05) is 25.0 Å². The van der Waals surface area contributed by atoms with Crippen molar-refractivity contribution in [3.8, 4) is 0 Å². The normalized spacial score (nSPS) is 15.0. The molecular weight excluding hydrogens is 492 g/mol. The van der Waals surface area contributed by atoms with Gasteiger partial charge in [0.25, 0.3) is 0 Å². The number of aromatic nitrogens is 2. The molecule has 1 aliphatic heterocycles. The van der Waals surface area contributed by atoms with E-state index in [0.29, 0.717) is 18.1 Å². The molecule has 9 heteroatoms. The number of likely N-dealkylation sites (tertiary alicyclic amines) is 1. The van der Waals surface area contributed by atoms with E-state index in [1.165, 1.54) is 0 Å².